The quantitative estimate of drug-likeness (QED) is 0.435. The second kappa shape index (κ2) is 6.30. The van der Waals surface area contributed by atoms with E-state index in [-0.39, 0.29) is 5.97 Å². The Kier molecular flexibility index (Phi) is 4.98. The molecule has 0 bridgehead atoms. The highest BCUT2D eigenvalue weighted by atomic mass is 32.2. The van der Waals surface area contributed by atoms with Gasteiger partial charge in [0, 0.05) is 11.3 Å². The first-order chi connectivity index (χ1) is 7.20. The molecule has 0 aromatic heterocycles. The van der Waals surface area contributed by atoms with Crippen molar-refractivity contribution in [3.8, 4) is 0 Å². The third-order valence-corrected chi connectivity index (χ3v) is 2.44. The first-order valence-corrected chi connectivity index (χ1v) is 5.64. The van der Waals surface area contributed by atoms with E-state index < -0.39 is 0 Å². The lowest BCUT2D eigenvalue weighted by molar-refractivity contribution is -0.128. The van der Waals surface area contributed by atoms with Crippen molar-refractivity contribution >= 4 is 18.0 Å². The van der Waals surface area contributed by atoms with Crippen molar-refractivity contribution in [2.45, 2.75) is 13.3 Å². The number of aryl methyl sites for hydroxylation is 1. The van der Waals surface area contributed by atoms with E-state index in [1.807, 2.05) is 18.2 Å². The molecule has 0 radical (unpaired) electrons. The molecule has 1 aromatic rings. The number of benzene rings is 1. The van der Waals surface area contributed by atoms with Crippen LogP contribution < -0.4 is 0 Å². The second-order valence-electron chi connectivity index (χ2n) is 3.21. The predicted octanol–water partition coefficient (Wildman–Crippen LogP) is 3.00. The third-order valence-electron chi connectivity index (χ3n) is 1.80. The zero-order valence-electron chi connectivity index (χ0n) is 8.73. The fraction of sp³-hybridized carbons (Fsp3) is 0.250. The average Bonchev–Trinajstić information content (AvgIpc) is 2.25. The van der Waals surface area contributed by atoms with Gasteiger partial charge in [0.25, 0.3) is 0 Å². The van der Waals surface area contributed by atoms with Gasteiger partial charge in [0.2, 0.25) is 0 Å². The minimum atomic E-state index is -0.340. The van der Waals surface area contributed by atoms with Gasteiger partial charge in [-0.3, -0.25) is 0 Å². The molecule has 0 atom stereocenters. The zero-order chi connectivity index (χ0) is 11.1. The summed E-state index contributed by atoms with van der Waals surface area (Å²) in [6.07, 6.45) is 0.898. The van der Waals surface area contributed by atoms with E-state index in [0.29, 0.717) is 5.57 Å². The van der Waals surface area contributed by atoms with Gasteiger partial charge in [0.15, 0.2) is 0 Å². The molecule has 15 heavy (non-hydrogen) atoms. The molecule has 0 aliphatic carbocycles. The second-order valence-corrected chi connectivity index (χ2v) is 4.02. The smallest absolute Gasteiger partial charge is 0.345 e. The fourth-order valence-electron chi connectivity index (χ4n) is 0.971. The molecule has 0 aliphatic heterocycles. The fourth-order valence-corrected chi connectivity index (χ4v) is 1.62. The molecule has 0 unspecified atom stereocenters. The molecule has 1 aromatic carbocycles. The summed E-state index contributed by atoms with van der Waals surface area (Å²) in [6.45, 7) is 5.14. The molecule has 0 saturated heterocycles. The van der Waals surface area contributed by atoms with Crippen LogP contribution in [0, 0.1) is 0 Å². The van der Waals surface area contributed by atoms with E-state index in [2.05, 4.69) is 18.7 Å². The van der Waals surface area contributed by atoms with Crippen molar-refractivity contribution in [3.63, 3.8) is 0 Å². The lowest BCUT2D eigenvalue weighted by Gasteiger charge is -2.02. The first kappa shape index (κ1) is 11.9. The highest BCUT2D eigenvalue weighted by molar-refractivity contribution is 7.95. The molecule has 3 heteroatoms. The third kappa shape index (κ3) is 4.70. The Labute approximate surface area is 94.5 Å². The summed E-state index contributed by atoms with van der Waals surface area (Å²) in [5.74, 6) is 0.427. The van der Waals surface area contributed by atoms with Gasteiger partial charge < -0.3 is 4.18 Å². The zero-order valence-corrected chi connectivity index (χ0v) is 9.55. The van der Waals surface area contributed by atoms with Crippen LogP contribution in [-0.4, -0.2) is 11.7 Å². The minimum absolute atomic E-state index is 0.340. The molecule has 1 rings (SSSR count). The molecule has 0 fully saturated rings. The summed E-state index contributed by atoms with van der Waals surface area (Å²) in [5, 5.41) is 0. The van der Waals surface area contributed by atoms with Crippen LogP contribution in [0.25, 0.3) is 0 Å². The van der Waals surface area contributed by atoms with Crippen LogP contribution in [-0.2, 0) is 15.4 Å². The van der Waals surface area contributed by atoms with Gasteiger partial charge >= 0.3 is 5.97 Å². The SMILES string of the molecule is C=C(C)C(=O)OSCCc1ccccc1. The standard InChI is InChI=1S/C12H14O2S/c1-10(2)12(13)14-15-9-8-11-6-4-3-5-7-11/h3-7H,1,8-9H2,2H3. The van der Waals surface area contributed by atoms with Crippen LogP contribution in [0.1, 0.15) is 12.5 Å². The van der Waals surface area contributed by atoms with Crippen LogP contribution in [0.3, 0.4) is 0 Å². The summed E-state index contributed by atoms with van der Waals surface area (Å²) in [4.78, 5) is 11.0. The highest BCUT2D eigenvalue weighted by Gasteiger charge is 2.03. The lowest BCUT2D eigenvalue weighted by atomic mass is 10.2. The van der Waals surface area contributed by atoms with Crippen molar-refractivity contribution in [3.05, 3.63) is 48.0 Å². The largest absolute Gasteiger partial charge is 0.388 e. The Morgan fingerprint density at radius 1 is 1.40 bits per heavy atom. The molecule has 2 nitrogen and oxygen atoms in total. The Morgan fingerprint density at radius 3 is 2.67 bits per heavy atom. The average molecular weight is 222 g/mol. The molecule has 80 valence electrons. The maximum Gasteiger partial charge on any atom is 0.345 e. The maximum absolute atomic E-state index is 11.0. The molecular weight excluding hydrogens is 208 g/mol. The van der Waals surface area contributed by atoms with Crippen LogP contribution in [0.4, 0.5) is 0 Å². The van der Waals surface area contributed by atoms with E-state index in [9.17, 15) is 4.79 Å². The minimum Gasteiger partial charge on any atom is -0.388 e. The lowest BCUT2D eigenvalue weighted by Crippen LogP contribution is -2.00. The van der Waals surface area contributed by atoms with Crippen molar-refractivity contribution in [1.82, 2.24) is 0 Å². The Morgan fingerprint density at radius 2 is 2.07 bits per heavy atom. The van der Waals surface area contributed by atoms with Crippen LogP contribution in [0.5, 0.6) is 0 Å². The monoisotopic (exact) mass is 222 g/mol. The van der Waals surface area contributed by atoms with E-state index in [0.717, 1.165) is 12.2 Å². The summed E-state index contributed by atoms with van der Waals surface area (Å²) < 4.78 is 4.90. The molecule has 0 N–H and O–H groups in total. The van der Waals surface area contributed by atoms with Crippen molar-refractivity contribution in [2.24, 2.45) is 0 Å². The van der Waals surface area contributed by atoms with E-state index >= 15 is 0 Å². The van der Waals surface area contributed by atoms with E-state index in [4.69, 9.17) is 4.18 Å². The van der Waals surface area contributed by atoms with Gasteiger partial charge in [0.1, 0.15) is 0 Å². The maximum atomic E-state index is 11.0. The van der Waals surface area contributed by atoms with Crippen molar-refractivity contribution in [2.75, 3.05) is 5.75 Å². The first-order valence-electron chi connectivity index (χ1n) is 4.73. The Bertz CT molecular complexity index is 333. The van der Waals surface area contributed by atoms with E-state index in [1.54, 1.807) is 6.92 Å². The van der Waals surface area contributed by atoms with Gasteiger partial charge in [-0.25, -0.2) is 4.79 Å². The van der Waals surface area contributed by atoms with Gasteiger partial charge in [0.05, 0.1) is 12.0 Å². The molecule has 0 heterocycles. The normalized spacial score (nSPS) is 9.67. The van der Waals surface area contributed by atoms with Gasteiger partial charge in [-0.15, -0.1) is 0 Å². The van der Waals surface area contributed by atoms with E-state index in [1.165, 1.54) is 17.6 Å². The molecule has 0 saturated carbocycles. The highest BCUT2D eigenvalue weighted by Crippen LogP contribution is 2.10. The van der Waals surface area contributed by atoms with Gasteiger partial charge in [-0.05, 0) is 18.9 Å². The molecule has 0 amide bonds. The summed E-state index contributed by atoms with van der Waals surface area (Å²) in [7, 11) is 0. The molecular formula is C12H14O2S. The molecule has 0 aliphatic rings. The summed E-state index contributed by atoms with van der Waals surface area (Å²) in [6, 6.07) is 10.1. The summed E-state index contributed by atoms with van der Waals surface area (Å²) in [5.41, 5.74) is 1.68. The van der Waals surface area contributed by atoms with Crippen LogP contribution in [0.15, 0.2) is 42.5 Å². The molecule has 0 spiro atoms. The number of rotatable bonds is 5. The van der Waals surface area contributed by atoms with Crippen LogP contribution >= 0.6 is 12.0 Å². The van der Waals surface area contributed by atoms with Crippen molar-refractivity contribution in [1.29, 1.82) is 0 Å². The van der Waals surface area contributed by atoms with Crippen LogP contribution in [0.2, 0.25) is 0 Å². The Hall–Kier alpha value is -1.22. The number of hydrogen-bond acceptors (Lipinski definition) is 3. The summed E-state index contributed by atoms with van der Waals surface area (Å²) >= 11 is 1.17. The topological polar surface area (TPSA) is 26.3 Å². The predicted molar refractivity (Wildman–Crippen MR) is 63.5 cm³/mol. The van der Waals surface area contributed by atoms with Crippen molar-refractivity contribution < 1.29 is 8.98 Å². The van der Waals surface area contributed by atoms with Gasteiger partial charge in [-0.2, -0.15) is 0 Å². The number of carbonyl (C=O) groups is 1. The van der Waals surface area contributed by atoms with Gasteiger partial charge in [-0.1, -0.05) is 36.9 Å². The Balaban J connectivity index is 2.18. The number of hydrogen-bond donors (Lipinski definition) is 0. The number of carbonyl (C=O) groups excluding carboxylic acids is 1.